The summed E-state index contributed by atoms with van der Waals surface area (Å²) >= 11 is 0. The highest BCUT2D eigenvalue weighted by Gasteiger charge is 2.30. The molecule has 0 saturated carbocycles. The van der Waals surface area contributed by atoms with Crippen LogP contribution >= 0.6 is 0 Å². The van der Waals surface area contributed by atoms with E-state index in [9.17, 15) is 4.79 Å². The summed E-state index contributed by atoms with van der Waals surface area (Å²) in [7, 11) is 0. The highest BCUT2D eigenvalue weighted by Crippen LogP contribution is 2.29. The van der Waals surface area contributed by atoms with Crippen LogP contribution in [0.25, 0.3) is 22.4 Å². The van der Waals surface area contributed by atoms with Crippen LogP contribution in [-0.2, 0) is 4.74 Å². The Labute approximate surface area is 194 Å². The van der Waals surface area contributed by atoms with Gasteiger partial charge in [-0.1, -0.05) is 35.5 Å². The van der Waals surface area contributed by atoms with Crippen LogP contribution in [0.4, 0.5) is 0 Å². The fourth-order valence-corrected chi connectivity index (χ4v) is 5.31. The van der Waals surface area contributed by atoms with E-state index in [1.165, 1.54) is 0 Å². The van der Waals surface area contributed by atoms with Gasteiger partial charge in [0.15, 0.2) is 0 Å². The number of pyridine rings is 1. The molecule has 7 nitrogen and oxygen atoms in total. The first-order valence-corrected chi connectivity index (χ1v) is 12.0. The lowest BCUT2D eigenvalue weighted by Crippen LogP contribution is -2.48. The van der Waals surface area contributed by atoms with Crippen LogP contribution in [0, 0.1) is 12.8 Å². The highest BCUT2D eigenvalue weighted by molar-refractivity contribution is 6.07. The maximum atomic E-state index is 13.6. The van der Waals surface area contributed by atoms with Crippen molar-refractivity contribution in [2.24, 2.45) is 5.92 Å². The van der Waals surface area contributed by atoms with Gasteiger partial charge in [0.2, 0.25) is 0 Å². The lowest BCUT2D eigenvalue weighted by molar-refractivity contribution is -0.0728. The second kappa shape index (κ2) is 9.23. The maximum Gasteiger partial charge on any atom is 0.259 e. The van der Waals surface area contributed by atoms with Crippen LogP contribution in [-0.4, -0.2) is 70.8 Å². The van der Waals surface area contributed by atoms with Crippen molar-refractivity contribution in [1.29, 1.82) is 0 Å². The number of hydrogen-bond donors (Lipinski definition) is 0. The summed E-state index contributed by atoms with van der Waals surface area (Å²) < 4.78 is 11.3. The molecule has 2 aliphatic heterocycles. The van der Waals surface area contributed by atoms with Crippen LogP contribution in [0.2, 0.25) is 0 Å². The molecule has 4 heterocycles. The molecule has 0 radical (unpaired) electrons. The number of amides is 1. The Bertz CT molecular complexity index is 1110. The van der Waals surface area contributed by atoms with Crippen LogP contribution in [0.1, 0.15) is 42.7 Å². The molecule has 1 aromatic carbocycles. The average molecular weight is 449 g/mol. The number of carbonyl (C=O) groups is 1. The number of likely N-dealkylation sites (tertiary alicyclic amines) is 1. The average Bonchev–Trinajstić information content (AvgIpc) is 3.19. The number of ether oxygens (including phenoxy) is 1. The third-order valence-electron chi connectivity index (χ3n) is 6.83. The molecule has 0 bridgehead atoms. The van der Waals surface area contributed by atoms with Crippen molar-refractivity contribution in [3.05, 3.63) is 47.7 Å². The van der Waals surface area contributed by atoms with Crippen molar-refractivity contribution in [2.75, 3.05) is 32.7 Å². The van der Waals surface area contributed by atoms with E-state index in [0.29, 0.717) is 22.9 Å². The Kier molecular flexibility index (Phi) is 6.17. The molecule has 3 aromatic rings. The van der Waals surface area contributed by atoms with Gasteiger partial charge in [-0.15, -0.1) is 0 Å². The predicted molar refractivity (Wildman–Crippen MR) is 127 cm³/mol. The van der Waals surface area contributed by atoms with Crippen LogP contribution < -0.4 is 0 Å². The predicted octanol–water partition coefficient (Wildman–Crippen LogP) is 4.16. The fourth-order valence-electron chi connectivity index (χ4n) is 5.31. The third kappa shape index (κ3) is 4.66. The molecular formula is C26H32N4O3. The molecule has 0 aliphatic carbocycles. The number of rotatable bonds is 4. The quantitative estimate of drug-likeness (QED) is 0.597. The lowest BCUT2D eigenvalue weighted by atomic mass is 9.94. The number of carbonyl (C=O) groups excluding carboxylic acids is 1. The topological polar surface area (TPSA) is 71.7 Å². The normalized spacial score (nSPS) is 22.7. The van der Waals surface area contributed by atoms with Gasteiger partial charge in [0.25, 0.3) is 11.6 Å². The minimum absolute atomic E-state index is 0.0398. The van der Waals surface area contributed by atoms with E-state index >= 15 is 0 Å². The molecule has 2 atom stereocenters. The van der Waals surface area contributed by atoms with E-state index in [2.05, 4.69) is 28.9 Å². The number of aromatic nitrogens is 2. The standard InChI is InChI=1S/C26H32N4O3/c1-17-14-29(15-18(2)32-17)16-20-9-11-30(12-10-20)26(31)22-13-23(21-7-5-4-6-8-21)27-25-24(22)19(3)28-33-25/h4-8,13,17-18,20H,9-12,14-16H2,1-3H3. The van der Waals surface area contributed by atoms with E-state index in [-0.39, 0.29) is 18.1 Å². The van der Waals surface area contributed by atoms with Gasteiger partial charge in [-0.25, -0.2) is 4.98 Å². The molecule has 2 aromatic heterocycles. The molecule has 2 fully saturated rings. The molecule has 0 N–H and O–H groups in total. The Morgan fingerprint density at radius 1 is 1.09 bits per heavy atom. The molecule has 174 valence electrons. The van der Waals surface area contributed by atoms with Gasteiger partial charge in [-0.05, 0) is 45.6 Å². The Hall–Kier alpha value is -2.77. The zero-order chi connectivity index (χ0) is 22.9. The van der Waals surface area contributed by atoms with Gasteiger partial charge in [0.05, 0.1) is 34.5 Å². The number of hydrogen-bond acceptors (Lipinski definition) is 6. The first kappa shape index (κ1) is 22.0. The molecule has 7 heteroatoms. The number of fused-ring (bicyclic) bond motifs is 1. The van der Waals surface area contributed by atoms with Gasteiger partial charge >= 0.3 is 0 Å². The van der Waals surface area contributed by atoms with Crippen molar-refractivity contribution in [3.63, 3.8) is 0 Å². The van der Waals surface area contributed by atoms with Crippen LogP contribution in [0.3, 0.4) is 0 Å². The largest absolute Gasteiger partial charge is 0.373 e. The Morgan fingerprint density at radius 3 is 2.48 bits per heavy atom. The van der Waals surface area contributed by atoms with Gasteiger partial charge < -0.3 is 14.2 Å². The summed E-state index contributed by atoms with van der Waals surface area (Å²) in [6, 6.07) is 11.8. The number of piperidine rings is 1. The van der Waals surface area contributed by atoms with Crippen LogP contribution in [0.15, 0.2) is 40.9 Å². The van der Waals surface area contributed by atoms with E-state index in [0.717, 1.165) is 62.2 Å². The summed E-state index contributed by atoms with van der Waals surface area (Å²) in [6.45, 7) is 10.8. The maximum absolute atomic E-state index is 13.6. The molecule has 2 saturated heterocycles. The summed E-state index contributed by atoms with van der Waals surface area (Å²) in [5, 5.41) is 4.80. The summed E-state index contributed by atoms with van der Waals surface area (Å²) in [4.78, 5) is 22.8. The highest BCUT2D eigenvalue weighted by atomic mass is 16.5. The SMILES string of the molecule is Cc1noc2nc(-c3ccccc3)cc(C(=O)N3CCC(CN4CC(C)OC(C)C4)CC3)c12. The summed E-state index contributed by atoms with van der Waals surface area (Å²) in [6.07, 6.45) is 2.62. The minimum atomic E-state index is 0.0398. The minimum Gasteiger partial charge on any atom is -0.373 e. The van der Waals surface area contributed by atoms with Crippen molar-refractivity contribution in [1.82, 2.24) is 19.9 Å². The second-order valence-electron chi connectivity index (χ2n) is 9.58. The molecule has 5 rings (SSSR count). The summed E-state index contributed by atoms with van der Waals surface area (Å²) in [5.74, 6) is 0.652. The summed E-state index contributed by atoms with van der Waals surface area (Å²) in [5.41, 5.74) is 3.43. The van der Waals surface area contributed by atoms with Gasteiger partial charge in [0.1, 0.15) is 0 Å². The van der Waals surface area contributed by atoms with Crippen molar-refractivity contribution >= 4 is 17.0 Å². The first-order chi connectivity index (χ1) is 16.0. The molecular weight excluding hydrogens is 416 g/mol. The monoisotopic (exact) mass is 448 g/mol. The Balaban J connectivity index is 1.32. The van der Waals surface area contributed by atoms with E-state index in [1.54, 1.807) is 0 Å². The molecule has 2 aliphatic rings. The van der Waals surface area contributed by atoms with E-state index in [1.807, 2.05) is 48.2 Å². The third-order valence-corrected chi connectivity index (χ3v) is 6.83. The molecule has 2 unspecified atom stereocenters. The number of benzene rings is 1. The van der Waals surface area contributed by atoms with Gasteiger partial charge in [-0.3, -0.25) is 9.69 Å². The Morgan fingerprint density at radius 2 is 1.79 bits per heavy atom. The van der Waals surface area contributed by atoms with Crippen molar-refractivity contribution < 1.29 is 14.1 Å². The number of nitrogens with zero attached hydrogens (tertiary/aromatic N) is 4. The zero-order valence-electron chi connectivity index (χ0n) is 19.7. The van der Waals surface area contributed by atoms with Crippen LogP contribution in [0.5, 0.6) is 0 Å². The zero-order valence-corrected chi connectivity index (χ0v) is 19.7. The lowest BCUT2D eigenvalue weighted by Gasteiger charge is -2.39. The second-order valence-corrected chi connectivity index (χ2v) is 9.58. The van der Waals surface area contributed by atoms with Crippen molar-refractivity contribution in [3.8, 4) is 11.3 Å². The first-order valence-electron chi connectivity index (χ1n) is 12.0. The molecule has 1 amide bonds. The smallest absolute Gasteiger partial charge is 0.259 e. The van der Waals surface area contributed by atoms with E-state index < -0.39 is 0 Å². The number of aryl methyl sites for hydroxylation is 1. The van der Waals surface area contributed by atoms with Crippen molar-refractivity contribution in [2.45, 2.75) is 45.8 Å². The van der Waals surface area contributed by atoms with E-state index in [4.69, 9.17) is 9.26 Å². The van der Waals surface area contributed by atoms with Gasteiger partial charge in [-0.2, -0.15) is 0 Å². The molecule has 0 spiro atoms. The fraction of sp³-hybridized carbons (Fsp3) is 0.500. The number of morpholine rings is 1. The van der Waals surface area contributed by atoms with Gasteiger partial charge in [0, 0.05) is 38.3 Å². The molecule has 33 heavy (non-hydrogen) atoms.